The molecule has 1 aliphatic heterocycles. The Morgan fingerprint density at radius 3 is 2.71 bits per heavy atom. The number of hydrogen-bond acceptors (Lipinski definition) is 4. The fourth-order valence-electron chi connectivity index (χ4n) is 2.58. The van der Waals surface area contributed by atoms with Crippen molar-refractivity contribution >= 4 is 17.7 Å². The van der Waals surface area contributed by atoms with Crippen LogP contribution in [0.3, 0.4) is 0 Å². The number of hydrogen-bond donors (Lipinski definition) is 0. The zero-order chi connectivity index (χ0) is 15.4. The van der Waals surface area contributed by atoms with Crippen molar-refractivity contribution in [1.82, 2.24) is 14.5 Å². The molecule has 1 aliphatic rings. The van der Waals surface area contributed by atoms with E-state index < -0.39 is 0 Å². The molecule has 1 atom stereocenters. The summed E-state index contributed by atoms with van der Waals surface area (Å²) in [6.07, 6.45) is 3.54. The van der Waals surface area contributed by atoms with E-state index in [-0.39, 0.29) is 17.4 Å². The van der Waals surface area contributed by atoms with Crippen LogP contribution in [-0.4, -0.2) is 39.2 Å². The van der Waals surface area contributed by atoms with Crippen molar-refractivity contribution in [2.24, 2.45) is 5.92 Å². The van der Waals surface area contributed by atoms with Gasteiger partial charge >= 0.3 is 0 Å². The molecule has 0 aromatic carbocycles. The number of fused-ring (bicyclic) bond motifs is 1. The summed E-state index contributed by atoms with van der Waals surface area (Å²) in [5, 5.41) is 0.729. The van der Waals surface area contributed by atoms with E-state index in [9.17, 15) is 9.59 Å². The molecule has 5 nitrogen and oxygen atoms in total. The Balaban J connectivity index is 2.18. The van der Waals surface area contributed by atoms with Crippen LogP contribution in [0.2, 0.25) is 0 Å². The van der Waals surface area contributed by atoms with Crippen molar-refractivity contribution in [2.75, 3.05) is 18.8 Å². The maximum absolute atomic E-state index is 12.7. The number of thioether (sulfide) groups is 1. The highest BCUT2D eigenvalue weighted by Crippen LogP contribution is 2.26. The van der Waals surface area contributed by atoms with Gasteiger partial charge in [0.2, 0.25) is 5.91 Å². The molecule has 0 radical (unpaired) electrons. The second kappa shape index (κ2) is 7.11. The fraction of sp³-hybridized carbons (Fsp3) is 0.667. The molecule has 0 fully saturated rings. The molecule has 2 rings (SSSR count). The van der Waals surface area contributed by atoms with Crippen molar-refractivity contribution in [3.63, 3.8) is 0 Å². The predicted octanol–water partition coefficient (Wildman–Crippen LogP) is 1.92. The minimum atomic E-state index is -0.123. The number of carbonyl (C=O) groups excluding carboxylic acids is 1. The summed E-state index contributed by atoms with van der Waals surface area (Å²) in [6, 6.07) is 0. The zero-order valence-corrected chi connectivity index (χ0v) is 13.8. The highest BCUT2D eigenvalue weighted by Gasteiger charge is 2.29. The third-order valence-electron chi connectivity index (χ3n) is 3.65. The van der Waals surface area contributed by atoms with Gasteiger partial charge in [-0.05, 0) is 19.8 Å². The summed E-state index contributed by atoms with van der Waals surface area (Å²) in [6.45, 7) is 7.97. The van der Waals surface area contributed by atoms with Gasteiger partial charge in [-0.25, -0.2) is 4.98 Å². The lowest BCUT2D eigenvalue weighted by Crippen LogP contribution is -2.43. The first-order chi connectivity index (χ1) is 10.1. The van der Waals surface area contributed by atoms with Crippen molar-refractivity contribution in [1.29, 1.82) is 0 Å². The topological polar surface area (TPSA) is 55.2 Å². The van der Waals surface area contributed by atoms with E-state index in [1.54, 1.807) is 17.7 Å². The first-order valence-electron chi connectivity index (χ1n) is 7.56. The highest BCUT2D eigenvalue weighted by molar-refractivity contribution is 7.99. The van der Waals surface area contributed by atoms with Crippen molar-refractivity contribution in [2.45, 2.75) is 45.3 Å². The third kappa shape index (κ3) is 3.48. The summed E-state index contributed by atoms with van der Waals surface area (Å²) in [7, 11) is 0. The molecule has 0 N–H and O–H groups in total. The smallest absolute Gasteiger partial charge is 0.257 e. The van der Waals surface area contributed by atoms with E-state index in [4.69, 9.17) is 0 Å². The number of carbonyl (C=O) groups is 1. The molecule has 116 valence electrons. The molecule has 6 heteroatoms. The lowest BCUT2D eigenvalue weighted by atomic mass is 10.1. The standard InChI is InChI=1S/C15H23N3O2S/c1-4-6-17(7-5-2)14(20)12-9-18-13(19)11(3)8-16-15(18)21-10-12/h8,12H,4-7,9-10H2,1-3H3. The molecule has 1 amide bonds. The van der Waals surface area contributed by atoms with Gasteiger partial charge < -0.3 is 4.90 Å². The lowest BCUT2D eigenvalue weighted by molar-refractivity contribution is -0.135. The van der Waals surface area contributed by atoms with Crippen molar-refractivity contribution < 1.29 is 4.79 Å². The van der Waals surface area contributed by atoms with Crippen molar-refractivity contribution in [3.8, 4) is 0 Å². The predicted molar refractivity (Wildman–Crippen MR) is 84.6 cm³/mol. The van der Waals surface area contributed by atoms with Gasteiger partial charge in [0.1, 0.15) is 0 Å². The summed E-state index contributed by atoms with van der Waals surface area (Å²) in [5.74, 6) is 0.755. The molecule has 2 heterocycles. The van der Waals surface area contributed by atoms with E-state index >= 15 is 0 Å². The van der Waals surface area contributed by atoms with E-state index in [0.29, 0.717) is 17.9 Å². The molecule has 0 bridgehead atoms. The van der Waals surface area contributed by atoms with Crippen molar-refractivity contribution in [3.05, 3.63) is 22.1 Å². The second-order valence-corrected chi connectivity index (χ2v) is 6.46. The van der Waals surface area contributed by atoms with Gasteiger partial charge in [-0.3, -0.25) is 14.2 Å². The number of amides is 1. The normalized spacial score (nSPS) is 17.4. The Bertz CT molecular complexity index is 565. The lowest BCUT2D eigenvalue weighted by Gasteiger charge is -2.30. The Morgan fingerprint density at radius 2 is 2.10 bits per heavy atom. The Kier molecular flexibility index (Phi) is 5.45. The van der Waals surface area contributed by atoms with Gasteiger partial charge in [0.15, 0.2) is 5.16 Å². The maximum atomic E-state index is 12.7. The molecule has 1 aromatic rings. The Hall–Kier alpha value is -1.30. The first-order valence-corrected chi connectivity index (χ1v) is 8.55. The van der Waals surface area contributed by atoms with Crippen LogP contribution in [-0.2, 0) is 11.3 Å². The number of aromatic nitrogens is 2. The number of aryl methyl sites for hydroxylation is 1. The monoisotopic (exact) mass is 309 g/mol. The quantitative estimate of drug-likeness (QED) is 0.780. The van der Waals surface area contributed by atoms with Crippen LogP contribution in [0.4, 0.5) is 0 Å². The van der Waals surface area contributed by atoms with Crippen LogP contribution < -0.4 is 5.56 Å². The van der Waals surface area contributed by atoms with E-state index in [1.165, 1.54) is 11.8 Å². The van der Waals surface area contributed by atoms with Gasteiger partial charge in [-0.1, -0.05) is 25.6 Å². The maximum Gasteiger partial charge on any atom is 0.257 e. The molecule has 0 saturated heterocycles. The molecular weight excluding hydrogens is 286 g/mol. The van der Waals surface area contributed by atoms with Gasteiger partial charge in [0.05, 0.1) is 5.92 Å². The second-order valence-electron chi connectivity index (χ2n) is 5.47. The molecule has 1 unspecified atom stereocenters. The molecule has 1 aromatic heterocycles. The summed E-state index contributed by atoms with van der Waals surface area (Å²) in [4.78, 5) is 31.1. The van der Waals surface area contributed by atoms with Crippen LogP contribution >= 0.6 is 11.8 Å². The van der Waals surface area contributed by atoms with E-state index in [0.717, 1.165) is 31.1 Å². The van der Waals surface area contributed by atoms with Crippen LogP contribution in [0.1, 0.15) is 32.3 Å². The Labute approximate surface area is 129 Å². The highest BCUT2D eigenvalue weighted by atomic mass is 32.2. The summed E-state index contributed by atoms with van der Waals surface area (Å²) in [5.41, 5.74) is 0.606. The zero-order valence-electron chi connectivity index (χ0n) is 13.0. The molecule has 21 heavy (non-hydrogen) atoms. The summed E-state index contributed by atoms with van der Waals surface area (Å²) < 4.78 is 1.65. The van der Waals surface area contributed by atoms with Gasteiger partial charge in [-0.15, -0.1) is 0 Å². The minimum absolute atomic E-state index is 0.0254. The largest absolute Gasteiger partial charge is 0.342 e. The number of nitrogens with zero attached hydrogens (tertiary/aromatic N) is 3. The van der Waals surface area contributed by atoms with Gasteiger partial charge in [0.25, 0.3) is 5.56 Å². The molecule has 0 saturated carbocycles. The van der Waals surface area contributed by atoms with Crippen LogP contribution in [0.25, 0.3) is 0 Å². The summed E-state index contributed by atoms with van der Waals surface area (Å²) >= 11 is 1.51. The average molecular weight is 309 g/mol. The van der Waals surface area contributed by atoms with E-state index in [2.05, 4.69) is 18.8 Å². The van der Waals surface area contributed by atoms with E-state index in [1.807, 2.05) is 4.90 Å². The third-order valence-corrected chi connectivity index (χ3v) is 4.80. The van der Waals surface area contributed by atoms with Crippen LogP contribution in [0, 0.1) is 12.8 Å². The molecule has 0 spiro atoms. The van der Waals surface area contributed by atoms with Crippen LogP contribution in [0.15, 0.2) is 16.1 Å². The van der Waals surface area contributed by atoms with Crippen LogP contribution in [0.5, 0.6) is 0 Å². The average Bonchev–Trinajstić information content (AvgIpc) is 2.50. The Morgan fingerprint density at radius 1 is 1.43 bits per heavy atom. The van der Waals surface area contributed by atoms with Gasteiger partial charge in [-0.2, -0.15) is 0 Å². The first kappa shape index (κ1) is 16.1. The number of rotatable bonds is 5. The molecule has 0 aliphatic carbocycles. The van der Waals surface area contributed by atoms with Gasteiger partial charge in [0, 0.05) is 37.1 Å². The minimum Gasteiger partial charge on any atom is -0.342 e. The SMILES string of the molecule is CCCN(CCC)C(=O)C1CSc2ncc(C)c(=O)n2C1. The molecular formula is C15H23N3O2S. The fourth-order valence-corrected chi connectivity index (χ4v) is 3.62.